The number of nitrogens with zero attached hydrogens (tertiary/aromatic N) is 1. The lowest BCUT2D eigenvalue weighted by molar-refractivity contribution is -0.134. The number of carbonyl (C=O) groups is 2. The van der Waals surface area contributed by atoms with Crippen molar-refractivity contribution in [1.29, 1.82) is 0 Å². The van der Waals surface area contributed by atoms with Gasteiger partial charge < -0.3 is 0 Å². The van der Waals surface area contributed by atoms with Gasteiger partial charge in [0.05, 0.1) is 21.3 Å². The van der Waals surface area contributed by atoms with E-state index in [9.17, 15) is 9.59 Å². The van der Waals surface area contributed by atoms with Crippen LogP contribution in [0.15, 0.2) is 48.5 Å². The summed E-state index contributed by atoms with van der Waals surface area (Å²) in [5, 5.41) is 2.18. The number of anilines is 1. The van der Waals surface area contributed by atoms with Gasteiger partial charge in [-0.2, -0.15) is 5.01 Å². The van der Waals surface area contributed by atoms with Crippen molar-refractivity contribution in [1.82, 2.24) is 5.01 Å². The highest BCUT2D eigenvalue weighted by Gasteiger charge is 2.32. The van der Waals surface area contributed by atoms with Crippen LogP contribution in [0, 0.1) is 0 Å². The van der Waals surface area contributed by atoms with E-state index in [2.05, 4.69) is 5.43 Å². The van der Waals surface area contributed by atoms with Crippen LogP contribution in [0.4, 0.5) is 5.69 Å². The molecule has 0 saturated heterocycles. The summed E-state index contributed by atoms with van der Waals surface area (Å²) in [5.41, 5.74) is 4.12. The molecule has 0 atom stereocenters. The van der Waals surface area contributed by atoms with Gasteiger partial charge in [0.15, 0.2) is 0 Å². The molecule has 2 aromatic carbocycles. The van der Waals surface area contributed by atoms with Gasteiger partial charge in [-0.05, 0) is 35.9 Å². The van der Waals surface area contributed by atoms with Crippen molar-refractivity contribution in [2.45, 2.75) is 0 Å². The summed E-state index contributed by atoms with van der Waals surface area (Å²) in [6.07, 6.45) is 1.27. The van der Waals surface area contributed by atoms with E-state index in [4.69, 9.17) is 34.8 Å². The maximum atomic E-state index is 12.4. The fourth-order valence-corrected chi connectivity index (χ4v) is 2.53. The minimum Gasteiger partial charge on any atom is -0.288 e. The SMILES string of the molecule is O=C1C=C(c2ccc(Cl)cc2)C(=O)N1Nc1ccc(Cl)c(Cl)c1. The lowest BCUT2D eigenvalue weighted by Gasteiger charge is -2.17. The predicted octanol–water partition coefficient (Wildman–Crippen LogP) is 4.43. The number of carbonyl (C=O) groups excluding carboxylic acids is 2. The summed E-state index contributed by atoms with van der Waals surface area (Å²) < 4.78 is 0. The van der Waals surface area contributed by atoms with E-state index >= 15 is 0 Å². The highest BCUT2D eigenvalue weighted by Crippen LogP contribution is 2.28. The van der Waals surface area contributed by atoms with Gasteiger partial charge in [0, 0.05) is 11.1 Å². The van der Waals surface area contributed by atoms with Crippen LogP contribution >= 0.6 is 34.8 Å². The number of hydrogen-bond acceptors (Lipinski definition) is 3. The molecule has 1 N–H and O–H groups in total. The first-order valence-electron chi connectivity index (χ1n) is 6.53. The fraction of sp³-hybridized carbons (Fsp3) is 0. The van der Waals surface area contributed by atoms with Crippen LogP contribution in [0.1, 0.15) is 5.56 Å². The first kappa shape index (κ1) is 15.9. The maximum absolute atomic E-state index is 12.4. The normalized spacial score (nSPS) is 14.2. The second-order valence-corrected chi connectivity index (χ2v) is 6.04. The average molecular weight is 368 g/mol. The van der Waals surface area contributed by atoms with Gasteiger partial charge in [0.25, 0.3) is 11.8 Å². The Morgan fingerprint density at radius 2 is 1.57 bits per heavy atom. The molecule has 116 valence electrons. The highest BCUT2D eigenvalue weighted by atomic mass is 35.5. The summed E-state index contributed by atoms with van der Waals surface area (Å²) in [6, 6.07) is 11.4. The molecule has 2 aromatic rings. The van der Waals surface area contributed by atoms with Crippen molar-refractivity contribution in [3.05, 3.63) is 69.2 Å². The minimum atomic E-state index is -0.467. The van der Waals surface area contributed by atoms with Crippen molar-refractivity contribution in [3.8, 4) is 0 Å². The molecule has 4 nitrogen and oxygen atoms in total. The van der Waals surface area contributed by atoms with Crippen molar-refractivity contribution in [2.24, 2.45) is 0 Å². The Hall–Kier alpha value is -2.01. The zero-order valence-corrected chi connectivity index (χ0v) is 13.8. The number of amides is 2. The number of rotatable bonds is 3. The van der Waals surface area contributed by atoms with E-state index in [1.807, 2.05) is 0 Å². The van der Waals surface area contributed by atoms with E-state index in [1.54, 1.807) is 36.4 Å². The Balaban J connectivity index is 1.83. The number of imide groups is 1. The standard InChI is InChI=1S/C16H9Cl3N2O2/c17-10-3-1-9(2-4-10)12-8-15(22)21(16(12)23)20-11-5-6-13(18)14(19)7-11/h1-8,20H. The third-order valence-electron chi connectivity index (χ3n) is 3.24. The van der Waals surface area contributed by atoms with Crippen LogP contribution in [-0.2, 0) is 9.59 Å². The van der Waals surface area contributed by atoms with E-state index in [-0.39, 0.29) is 0 Å². The lowest BCUT2D eigenvalue weighted by atomic mass is 10.1. The van der Waals surface area contributed by atoms with Crippen LogP contribution in [-0.4, -0.2) is 16.8 Å². The minimum absolute atomic E-state index is 0.291. The second kappa shape index (κ2) is 6.24. The molecule has 0 spiro atoms. The number of halogens is 3. The second-order valence-electron chi connectivity index (χ2n) is 4.78. The number of hydrogen-bond donors (Lipinski definition) is 1. The lowest BCUT2D eigenvalue weighted by Crippen LogP contribution is -2.36. The molecule has 0 aromatic heterocycles. The maximum Gasteiger partial charge on any atom is 0.280 e. The molecule has 1 aliphatic rings. The summed E-state index contributed by atoms with van der Waals surface area (Å²) in [4.78, 5) is 24.5. The summed E-state index contributed by atoms with van der Waals surface area (Å²) in [6.45, 7) is 0. The smallest absolute Gasteiger partial charge is 0.280 e. The van der Waals surface area contributed by atoms with Gasteiger partial charge in [-0.1, -0.05) is 46.9 Å². The van der Waals surface area contributed by atoms with Crippen LogP contribution in [0.5, 0.6) is 0 Å². The molecule has 23 heavy (non-hydrogen) atoms. The molecular formula is C16H9Cl3N2O2. The van der Waals surface area contributed by atoms with Crippen molar-refractivity contribution >= 4 is 57.9 Å². The summed E-state index contributed by atoms with van der Waals surface area (Å²) in [5.74, 6) is -0.922. The molecule has 0 fully saturated rings. The van der Waals surface area contributed by atoms with Crippen molar-refractivity contribution in [2.75, 3.05) is 5.43 Å². The third kappa shape index (κ3) is 3.20. The Labute approximate surface area is 147 Å². The van der Waals surface area contributed by atoms with Gasteiger partial charge in [-0.25, -0.2) is 0 Å². The molecule has 2 amide bonds. The zero-order chi connectivity index (χ0) is 16.6. The van der Waals surface area contributed by atoms with Gasteiger partial charge in [0.2, 0.25) is 0 Å². The van der Waals surface area contributed by atoms with Gasteiger partial charge in [-0.15, -0.1) is 0 Å². The molecule has 1 aliphatic heterocycles. The molecular weight excluding hydrogens is 359 g/mol. The first-order chi connectivity index (χ1) is 11.0. The van der Waals surface area contributed by atoms with Gasteiger partial charge in [0.1, 0.15) is 0 Å². The molecule has 0 saturated carbocycles. The Kier molecular flexibility index (Phi) is 4.31. The quantitative estimate of drug-likeness (QED) is 0.817. The zero-order valence-electron chi connectivity index (χ0n) is 11.5. The number of nitrogens with one attached hydrogen (secondary N) is 1. The van der Waals surface area contributed by atoms with E-state index in [0.717, 1.165) is 5.01 Å². The highest BCUT2D eigenvalue weighted by molar-refractivity contribution is 6.42. The van der Waals surface area contributed by atoms with E-state index < -0.39 is 11.8 Å². The van der Waals surface area contributed by atoms with Crippen molar-refractivity contribution < 1.29 is 9.59 Å². The first-order valence-corrected chi connectivity index (χ1v) is 7.67. The van der Waals surface area contributed by atoms with Gasteiger partial charge >= 0.3 is 0 Å². The summed E-state index contributed by atoms with van der Waals surface area (Å²) >= 11 is 17.6. The van der Waals surface area contributed by atoms with Crippen molar-refractivity contribution in [3.63, 3.8) is 0 Å². The third-order valence-corrected chi connectivity index (χ3v) is 4.23. The van der Waals surface area contributed by atoms with Crippen LogP contribution in [0.3, 0.4) is 0 Å². The van der Waals surface area contributed by atoms with E-state index in [1.165, 1.54) is 12.1 Å². The number of hydrazine groups is 1. The molecule has 0 aliphatic carbocycles. The molecule has 0 radical (unpaired) electrons. The predicted molar refractivity (Wildman–Crippen MR) is 91.4 cm³/mol. The summed E-state index contributed by atoms with van der Waals surface area (Å²) in [7, 11) is 0. The molecule has 0 unspecified atom stereocenters. The molecule has 3 rings (SSSR count). The Bertz CT molecular complexity index is 832. The van der Waals surface area contributed by atoms with E-state index in [0.29, 0.717) is 31.9 Å². The van der Waals surface area contributed by atoms with Crippen LogP contribution in [0.2, 0.25) is 15.1 Å². The van der Waals surface area contributed by atoms with Gasteiger partial charge in [-0.3, -0.25) is 15.0 Å². The molecule has 1 heterocycles. The fourth-order valence-electron chi connectivity index (χ4n) is 2.11. The Morgan fingerprint density at radius 1 is 0.870 bits per heavy atom. The molecule has 0 bridgehead atoms. The van der Waals surface area contributed by atoms with Crippen LogP contribution < -0.4 is 5.43 Å². The number of benzene rings is 2. The Morgan fingerprint density at radius 3 is 2.22 bits per heavy atom. The largest absolute Gasteiger partial charge is 0.288 e. The van der Waals surface area contributed by atoms with Crippen LogP contribution in [0.25, 0.3) is 5.57 Å². The monoisotopic (exact) mass is 366 g/mol. The average Bonchev–Trinajstić information content (AvgIpc) is 2.80. The topological polar surface area (TPSA) is 49.4 Å². The molecule has 7 heteroatoms.